The van der Waals surface area contributed by atoms with E-state index in [0.717, 1.165) is 11.4 Å². The van der Waals surface area contributed by atoms with Crippen LogP contribution in [0, 0.1) is 0 Å². The first-order valence-corrected chi connectivity index (χ1v) is 6.50. The molecule has 1 atom stereocenters. The third-order valence-electron chi connectivity index (χ3n) is 2.91. The first-order valence-electron chi connectivity index (χ1n) is 5.59. The van der Waals surface area contributed by atoms with Gasteiger partial charge in [0.2, 0.25) is 5.91 Å². The molecular weight excluding hydrogens is 286 g/mol. The van der Waals surface area contributed by atoms with Crippen molar-refractivity contribution >= 4 is 27.5 Å². The summed E-state index contributed by atoms with van der Waals surface area (Å²) < 4.78 is 11.1. The summed E-state index contributed by atoms with van der Waals surface area (Å²) in [4.78, 5) is 13.8. The maximum atomic E-state index is 11.9. The molecule has 0 spiro atoms. The molecule has 1 unspecified atom stereocenters. The van der Waals surface area contributed by atoms with Crippen LogP contribution in [-0.4, -0.2) is 30.5 Å². The lowest BCUT2D eigenvalue weighted by Gasteiger charge is -2.25. The van der Waals surface area contributed by atoms with Crippen LogP contribution in [0.2, 0.25) is 0 Å². The number of fused-ring (bicyclic) bond motifs is 1. The largest absolute Gasteiger partial charge is 0.486 e. The van der Waals surface area contributed by atoms with Gasteiger partial charge in [-0.1, -0.05) is 22.0 Å². The number of amides is 1. The summed E-state index contributed by atoms with van der Waals surface area (Å²) in [5, 5.41) is 0. The van der Waals surface area contributed by atoms with Crippen LogP contribution in [-0.2, 0) is 4.79 Å². The Bertz CT molecular complexity index is 463. The van der Waals surface area contributed by atoms with Gasteiger partial charge in [0.1, 0.15) is 13.2 Å². The summed E-state index contributed by atoms with van der Waals surface area (Å²) in [5.74, 6) is 1.53. The Labute approximate surface area is 108 Å². The summed E-state index contributed by atoms with van der Waals surface area (Å²) in [6.07, 6.45) is 0.532. The van der Waals surface area contributed by atoms with E-state index in [0.29, 0.717) is 31.9 Å². The van der Waals surface area contributed by atoms with Crippen LogP contribution < -0.4 is 14.4 Å². The minimum atomic E-state index is 0.120. The highest BCUT2D eigenvalue weighted by atomic mass is 79.9. The standard InChI is InChI=1S/C12H12BrNO3/c13-8-6-11(15)14(7-8)9-2-1-3-10-12(9)17-5-4-16-10/h1-3,8H,4-7H2. The molecule has 2 aliphatic rings. The number of carbonyl (C=O) groups excluding carboxylic acids is 1. The van der Waals surface area contributed by atoms with Crippen molar-refractivity contribution in [2.75, 3.05) is 24.7 Å². The first kappa shape index (κ1) is 10.9. The molecule has 0 saturated carbocycles. The molecule has 0 N–H and O–H groups in total. The molecule has 0 radical (unpaired) electrons. The van der Waals surface area contributed by atoms with Gasteiger partial charge < -0.3 is 14.4 Å². The van der Waals surface area contributed by atoms with Crippen molar-refractivity contribution in [3.8, 4) is 11.5 Å². The zero-order chi connectivity index (χ0) is 11.8. The highest BCUT2D eigenvalue weighted by Crippen LogP contribution is 2.41. The van der Waals surface area contributed by atoms with E-state index in [1.807, 2.05) is 18.2 Å². The van der Waals surface area contributed by atoms with E-state index in [2.05, 4.69) is 15.9 Å². The number of halogens is 1. The van der Waals surface area contributed by atoms with Gasteiger partial charge in [-0.25, -0.2) is 0 Å². The van der Waals surface area contributed by atoms with Crippen molar-refractivity contribution in [3.63, 3.8) is 0 Å². The predicted molar refractivity (Wildman–Crippen MR) is 67.1 cm³/mol. The van der Waals surface area contributed by atoms with Crippen molar-refractivity contribution in [2.45, 2.75) is 11.2 Å². The van der Waals surface area contributed by atoms with E-state index in [1.165, 1.54) is 0 Å². The zero-order valence-electron chi connectivity index (χ0n) is 9.19. The van der Waals surface area contributed by atoms with Crippen molar-refractivity contribution in [3.05, 3.63) is 18.2 Å². The fraction of sp³-hybridized carbons (Fsp3) is 0.417. The van der Waals surface area contributed by atoms with Gasteiger partial charge in [0.25, 0.3) is 0 Å². The van der Waals surface area contributed by atoms with Crippen molar-refractivity contribution < 1.29 is 14.3 Å². The topological polar surface area (TPSA) is 38.8 Å². The smallest absolute Gasteiger partial charge is 0.228 e. The minimum absolute atomic E-state index is 0.120. The molecule has 5 heteroatoms. The molecule has 1 amide bonds. The van der Waals surface area contributed by atoms with Gasteiger partial charge >= 0.3 is 0 Å². The highest BCUT2D eigenvalue weighted by Gasteiger charge is 2.32. The van der Waals surface area contributed by atoms with E-state index in [4.69, 9.17) is 9.47 Å². The molecular formula is C12H12BrNO3. The third-order valence-corrected chi connectivity index (χ3v) is 3.53. The SMILES string of the molecule is O=C1CC(Br)CN1c1cccc2c1OCCO2. The number of ether oxygens (including phenoxy) is 2. The number of hydrogen-bond donors (Lipinski definition) is 0. The van der Waals surface area contributed by atoms with E-state index < -0.39 is 0 Å². The molecule has 1 aromatic carbocycles. The number of alkyl halides is 1. The number of benzene rings is 1. The molecule has 17 heavy (non-hydrogen) atoms. The second-order valence-corrected chi connectivity index (χ2v) is 5.40. The monoisotopic (exact) mass is 297 g/mol. The molecule has 2 aliphatic heterocycles. The van der Waals surface area contributed by atoms with Crippen LogP contribution in [0.15, 0.2) is 18.2 Å². The average Bonchev–Trinajstić information content (AvgIpc) is 2.68. The summed E-state index contributed by atoms with van der Waals surface area (Å²) >= 11 is 3.48. The summed E-state index contributed by atoms with van der Waals surface area (Å²) in [5.41, 5.74) is 0.814. The van der Waals surface area contributed by atoms with Crippen molar-refractivity contribution in [1.29, 1.82) is 0 Å². The van der Waals surface area contributed by atoms with Gasteiger partial charge in [-0.3, -0.25) is 4.79 Å². The molecule has 0 bridgehead atoms. The number of rotatable bonds is 1. The fourth-order valence-electron chi connectivity index (χ4n) is 2.17. The zero-order valence-corrected chi connectivity index (χ0v) is 10.8. The maximum Gasteiger partial charge on any atom is 0.228 e. The molecule has 0 aliphatic carbocycles. The Balaban J connectivity index is 2.00. The van der Waals surface area contributed by atoms with Crippen LogP contribution >= 0.6 is 15.9 Å². The van der Waals surface area contributed by atoms with Gasteiger partial charge in [0.15, 0.2) is 11.5 Å². The van der Waals surface area contributed by atoms with Crippen LogP contribution in [0.5, 0.6) is 11.5 Å². The van der Waals surface area contributed by atoms with Crippen LogP contribution in [0.4, 0.5) is 5.69 Å². The average molecular weight is 298 g/mol. The Morgan fingerprint density at radius 3 is 2.88 bits per heavy atom. The van der Waals surface area contributed by atoms with Gasteiger partial charge in [-0.15, -0.1) is 0 Å². The predicted octanol–water partition coefficient (Wildman–Crippen LogP) is 1.96. The molecule has 2 heterocycles. The van der Waals surface area contributed by atoms with Gasteiger partial charge in [0.05, 0.1) is 5.69 Å². The molecule has 3 rings (SSSR count). The van der Waals surface area contributed by atoms with E-state index in [1.54, 1.807) is 4.90 Å². The van der Waals surface area contributed by atoms with Gasteiger partial charge in [0, 0.05) is 17.8 Å². The van der Waals surface area contributed by atoms with Crippen LogP contribution in [0.1, 0.15) is 6.42 Å². The van der Waals surface area contributed by atoms with Crippen molar-refractivity contribution in [1.82, 2.24) is 0 Å². The van der Waals surface area contributed by atoms with Crippen LogP contribution in [0.3, 0.4) is 0 Å². The van der Waals surface area contributed by atoms with Crippen molar-refractivity contribution in [2.24, 2.45) is 0 Å². The van der Waals surface area contributed by atoms with E-state index in [-0.39, 0.29) is 10.7 Å². The van der Waals surface area contributed by atoms with Gasteiger partial charge in [-0.05, 0) is 12.1 Å². The molecule has 1 fully saturated rings. The fourth-order valence-corrected chi connectivity index (χ4v) is 2.73. The number of hydrogen-bond acceptors (Lipinski definition) is 3. The number of para-hydroxylation sites is 1. The second-order valence-electron chi connectivity index (χ2n) is 4.11. The quantitative estimate of drug-likeness (QED) is 0.744. The first-order chi connectivity index (χ1) is 8.25. The number of anilines is 1. The Hall–Kier alpha value is -1.23. The normalized spacial score (nSPS) is 23.0. The summed E-state index contributed by atoms with van der Waals surface area (Å²) in [7, 11) is 0. The highest BCUT2D eigenvalue weighted by molar-refractivity contribution is 9.09. The molecule has 1 aromatic rings. The minimum Gasteiger partial charge on any atom is -0.486 e. The Morgan fingerprint density at radius 2 is 2.12 bits per heavy atom. The molecule has 0 aromatic heterocycles. The summed E-state index contributed by atoms with van der Waals surface area (Å²) in [6.45, 7) is 1.77. The lowest BCUT2D eigenvalue weighted by atomic mass is 10.2. The van der Waals surface area contributed by atoms with Crippen LogP contribution in [0.25, 0.3) is 0 Å². The molecule has 1 saturated heterocycles. The van der Waals surface area contributed by atoms with E-state index >= 15 is 0 Å². The lowest BCUT2D eigenvalue weighted by molar-refractivity contribution is -0.117. The Kier molecular flexibility index (Phi) is 2.70. The second kappa shape index (κ2) is 4.22. The number of carbonyl (C=O) groups is 1. The maximum absolute atomic E-state index is 11.9. The van der Waals surface area contributed by atoms with Gasteiger partial charge in [-0.2, -0.15) is 0 Å². The Morgan fingerprint density at radius 1 is 1.29 bits per heavy atom. The lowest BCUT2D eigenvalue weighted by Crippen LogP contribution is -2.26. The number of nitrogens with zero attached hydrogens (tertiary/aromatic N) is 1. The summed E-state index contributed by atoms with van der Waals surface area (Å²) in [6, 6.07) is 5.65. The molecule has 90 valence electrons. The van der Waals surface area contributed by atoms with E-state index in [9.17, 15) is 4.79 Å². The third kappa shape index (κ3) is 1.88. The molecule has 4 nitrogen and oxygen atoms in total.